The van der Waals surface area contributed by atoms with Gasteiger partial charge in [-0.15, -0.1) is 0 Å². The number of methoxy groups -OCH3 is 1. The number of ether oxygens (including phenoxy) is 1. The Labute approximate surface area is 98.5 Å². The van der Waals surface area contributed by atoms with Crippen molar-refractivity contribution in [1.82, 2.24) is 9.80 Å². The molecule has 0 aliphatic carbocycles. The Morgan fingerprint density at radius 3 is 2.38 bits per heavy atom. The van der Waals surface area contributed by atoms with Gasteiger partial charge in [0, 0.05) is 33.3 Å². The SMILES string of the molecule is CCN(CCOC)C(=O)N1CCCCCC1. The topological polar surface area (TPSA) is 32.8 Å². The van der Waals surface area contributed by atoms with E-state index in [4.69, 9.17) is 4.74 Å². The van der Waals surface area contributed by atoms with Crippen molar-refractivity contribution in [3.05, 3.63) is 0 Å². The molecule has 1 saturated heterocycles. The summed E-state index contributed by atoms with van der Waals surface area (Å²) in [6.45, 7) is 5.93. The Kier molecular flexibility index (Phi) is 6.23. The molecular weight excluding hydrogens is 204 g/mol. The van der Waals surface area contributed by atoms with E-state index in [9.17, 15) is 4.79 Å². The predicted molar refractivity (Wildman–Crippen MR) is 64.6 cm³/mol. The Morgan fingerprint density at radius 2 is 1.88 bits per heavy atom. The van der Waals surface area contributed by atoms with Crippen LogP contribution in [0, 0.1) is 0 Å². The maximum Gasteiger partial charge on any atom is 0.320 e. The average Bonchev–Trinajstić information content (AvgIpc) is 2.58. The van der Waals surface area contributed by atoms with Crippen molar-refractivity contribution in [2.24, 2.45) is 0 Å². The number of likely N-dealkylation sites (tertiary alicyclic amines) is 1. The van der Waals surface area contributed by atoms with E-state index >= 15 is 0 Å². The van der Waals surface area contributed by atoms with E-state index in [1.54, 1.807) is 7.11 Å². The summed E-state index contributed by atoms with van der Waals surface area (Å²) >= 11 is 0. The molecule has 1 heterocycles. The smallest absolute Gasteiger partial charge is 0.320 e. The van der Waals surface area contributed by atoms with E-state index in [2.05, 4.69) is 0 Å². The number of rotatable bonds is 4. The zero-order valence-corrected chi connectivity index (χ0v) is 10.6. The Morgan fingerprint density at radius 1 is 1.25 bits per heavy atom. The molecule has 4 heteroatoms. The minimum Gasteiger partial charge on any atom is -0.383 e. The lowest BCUT2D eigenvalue weighted by Gasteiger charge is -2.28. The lowest BCUT2D eigenvalue weighted by atomic mass is 10.2. The van der Waals surface area contributed by atoms with Crippen LogP contribution in [0.5, 0.6) is 0 Å². The lowest BCUT2D eigenvalue weighted by molar-refractivity contribution is 0.128. The number of carbonyl (C=O) groups excluding carboxylic acids is 1. The second-order valence-corrected chi connectivity index (χ2v) is 4.26. The summed E-state index contributed by atoms with van der Waals surface area (Å²) in [6, 6.07) is 0.182. The number of urea groups is 1. The summed E-state index contributed by atoms with van der Waals surface area (Å²) in [5.41, 5.74) is 0. The first-order valence-corrected chi connectivity index (χ1v) is 6.32. The highest BCUT2D eigenvalue weighted by molar-refractivity contribution is 5.74. The van der Waals surface area contributed by atoms with Crippen LogP contribution in [0.3, 0.4) is 0 Å². The van der Waals surface area contributed by atoms with Crippen molar-refractivity contribution in [2.45, 2.75) is 32.6 Å². The van der Waals surface area contributed by atoms with E-state index in [1.165, 1.54) is 12.8 Å². The van der Waals surface area contributed by atoms with Crippen molar-refractivity contribution in [3.63, 3.8) is 0 Å². The van der Waals surface area contributed by atoms with Crippen LogP contribution in [0.1, 0.15) is 32.6 Å². The fraction of sp³-hybridized carbons (Fsp3) is 0.917. The molecule has 0 radical (unpaired) electrons. The van der Waals surface area contributed by atoms with Crippen LogP contribution in [-0.4, -0.2) is 55.7 Å². The predicted octanol–water partition coefficient (Wildman–Crippen LogP) is 1.95. The number of likely N-dealkylation sites (N-methyl/N-ethyl adjacent to an activating group) is 1. The number of hydrogen-bond donors (Lipinski definition) is 0. The second-order valence-electron chi connectivity index (χ2n) is 4.26. The normalized spacial score (nSPS) is 17.0. The van der Waals surface area contributed by atoms with Gasteiger partial charge in [0.1, 0.15) is 0 Å². The largest absolute Gasteiger partial charge is 0.383 e. The average molecular weight is 228 g/mol. The molecule has 0 saturated carbocycles. The Bertz CT molecular complexity index is 201. The molecule has 1 fully saturated rings. The molecule has 0 atom stereocenters. The zero-order chi connectivity index (χ0) is 11.8. The highest BCUT2D eigenvalue weighted by Crippen LogP contribution is 2.11. The fourth-order valence-electron chi connectivity index (χ4n) is 2.05. The van der Waals surface area contributed by atoms with E-state index in [-0.39, 0.29) is 6.03 Å². The van der Waals surface area contributed by atoms with Crippen LogP contribution in [0.4, 0.5) is 4.79 Å². The first-order valence-electron chi connectivity index (χ1n) is 6.32. The second kappa shape index (κ2) is 7.49. The van der Waals surface area contributed by atoms with E-state index in [1.807, 2.05) is 16.7 Å². The summed E-state index contributed by atoms with van der Waals surface area (Å²) < 4.78 is 5.02. The fourth-order valence-corrected chi connectivity index (χ4v) is 2.05. The van der Waals surface area contributed by atoms with Gasteiger partial charge in [-0.05, 0) is 19.8 Å². The number of carbonyl (C=O) groups is 1. The molecule has 0 aromatic carbocycles. The first kappa shape index (κ1) is 13.3. The molecule has 0 aromatic heterocycles. The molecule has 0 bridgehead atoms. The molecule has 2 amide bonds. The van der Waals surface area contributed by atoms with Gasteiger partial charge in [0.05, 0.1) is 6.61 Å². The van der Waals surface area contributed by atoms with Crippen molar-refractivity contribution < 1.29 is 9.53 Å². The van der Waals surface area contributed by atoms with Crippen LogP contribution in [-0.2, 0) is 4.74 Å². The molecule has 1 aliphatic rings. The van der Waals surface area contributed by atoms with Crippen molar-refractivity contribution in [3.8, 4) is 0 Å². The molecule has 0 N–H and O–H groups in total. The summed E-state index contributed by atoms with van der Waals surface area (Å²) in [5.74, 6) is 0. The third kappa shape index (κ3) is 4.00. The monoisotopic (exact) mass is 228 g/mol. The summed E-state index contributed by atoms with van der Waals surface area (Å²) in [6.07, 6.45) is 4.81. The quantitative estimate of drug-likeness (QED) is 0.737. The Balaban J connectivity index is 2.44. The molecular formula is C12H24N2O2. The number of nitrogens with zero attached hydrogens (tertiary/aromatic N) is 2. The van der Waals surface area contributed by atoms with Gasteiger partial charge in [-0.25, -0.2) is 4.79 Å². The molecule has 16 heavy (non-hydrogen) atoms. The van der Waals surface area contributed by atoms with Gasteiger partial charge in [-0.2, -0.15) is 0 Å². The molecule has 0 aromatic rings. The first-order chi connectivity index (χ1) is 7.79. The minimum absolute atomic E-state index is 0.182. The van der Waals surface area contributed by atoms with Gasteiger partial charge in [-0.1, -0.05) is 12.8 Å². The van der Waals surface area contributed by atoms with Gasteiger partial charge in [-0.3, -0.25) is 0 Å². The van der Waals surface area contributed by atoms with Gasteiger partial charge < -0.3 is 14.5 Å². The minimum atomic E-state index is 0.182. The van der Waals surface area contributed by atoms with Crippen LogP contribution < -0.4 is 0 Å². The molecule has 94 valence electrons. The highest BCUT2D eigenvalue weighted by atomic mass is 16.5. The van der Waals surface area contributed by atoms with Gasteiger partial charge in [0.2, 0.25) is 0 Å². The third-order valence-corrected chi connectivity index (χ3v) is 3.09. The zero-order valence-electron chi connectivity index (χ0n) is 10.6. The molecule has 4 nitrogen and oxygen atoms in total. The van der Waals surface area contributed by atoms with E-state index in [0.717, 1.165) is 32.5 Å². The number of amides is 2. The van der Waals surface area contributed by atoms with Crippen molar-refractivity contribution in [2.75, 3.05) is 39.9 Å². The van der Waals surface area contributed by atoms with E-state index < -0.39 is 0 Å². The van der Waals surface area contributed by atoms with Crippen molar-refractivity contribution in [1.29, 1.82) is 0 Å². The van der Waals surface area contributed by atoms with Gasteiger partial charge in [0.15, 0.2) is 0 Å². The molecule has 0 unspecified atom stereocenters. The van der Waals surface area contributed by atoms with Crippen LogP contribution in [0.15, 0.2) is 0 Å². The molecule has 1 aliphatic heterocycles. The molecule has 1 rings (SSSR count). The summed E-state index contributed by atoms with van der Waals surface area (Å²) in [4.78, 5) is 16.0. The van der Waals surface area contributed by atoms with Gasteiger partial charge in [0.25, 0.3) is 0 Å². The van der Waals surface area contributed by atoms with Crippen molar-refractivity contribution >= 4 is 6.03 Å². The summed E-state index contributed by atoms with van der Waals surface area (Å²) in [5, 5.41) is 0. The maximum atomic E-state index is 12.2. The Hall–Kier alpha value is -0.770. The lowest BCUT2D eigenvalue weighted by Crippen LogP contribution is -2.44. The van der Waals surface area contributed by atoms with Crippen LogP contribution >= 0.6 is 0 Å². The molecule has 0 spiro atoms. The maximum absolute atomic E-state index is 12.2. The van der Waals surface area contributed by atoms with Crippen LogP contribution in [0.2, 0.25) is 0 Å². The highest BCUT2D eigenvalue weighted by Gasteiger charge is 2.20. The van der Waals surface area contributed by atoms with Gasteiger partial charge >= 0.3 is 6.03 Å². The third-order valence-electron chi connectivity index (χ3n) is 3.09. The van der Waals surface area contributed by atoms with Crippen LogP contribution in [0.25, 0.3) is 0 Å². The summed E-state index contributed by atoms with van der Waals surface area (Å²) in [7, 11) is 1.67. The standard InChI is InChI=1S/C12H24N2O2/c1-3-13(10-11-16-2)12(15)14-8-6-4-5-7-9-14/h3-11H2,1-2H3. The van der Waals surface area contributed by atoms with E-state index in [0.29, 0.717) is 13.2 Å². The number of hydrogen-bond acceptors (Lipinski definition) is 2.